The zero-order chi connectivity index (χ0) is 20.8. The van der Waals surface area contributed by atoms with Crippen LogP contribution < -0.4 is 9.62 Å². The summed E-state index contributed by atoms with van der Waals surface area (Å²) in [6.07, 6.45) is 0. The Morgan fingerprint density at radius 2 is 1.39 bits per heavy atom. The maximum absolute atomic E-state index is 13.2. The second kappa shape index (κ2) is 7.14. The minimum atomic E-state index is -3.72. The van der Waals surface area contributed by atoms with Crippen molar-refractivity contribution in [1.82, 2.24) is 4.72 Å². The monoisotopic (exact) mass is 400 g/mol. The number of benzene rings is 2. The maximum Gasteiger partial charge on any atom is 0.266 e. The lowest BCUT2D eigenvalue weighted by Gasteiger charge is -2.25. The van der Waals surface area contributed by atoms with E-state index in [-0.39, 0.29) is 27.9 Å². The van der Waals surface area contributed by atoms with Crippen molar-refractivity contribution >= 4 is 27.5 Å². The summed E-state index contributed by atoms with van der Waals surface area (Å²) in [5.41, 5.74) is 2.74. The summed E-state index contributed by atoms with van der Waals surface area (Å²) in [4.78, 5) is 27.5. The van der Waals surface area contributed by atoms with Crippen molar-refractivity contribution < 1.29 is 18.0 Å². The topological polar surface area (TPSA) is 83.6 Å². The smallest absolute Gasteiger partial charge is 0.266 e. The van der Waals surface area contributed by atoms with Crippen LogP contribution in [0.15, 0.2) is 41.3 Å². The molecule has 3 rings (SSSR count). The van der Waals surface area contributed by atoms with E-state index in [0.29, 0.717) is 5.69 Å². The molecule has 7 heteroatoms. The number of anilines is 1. The molecule has 1 aliphatic heterocycles. The fourth-order valence-corrected chi connectivity index (χ4v) is 4.23. The lowest BCUT2D eigenvalue weighted by molar-refractivity contribution is 0.0925. The molecule has 0 spiro atoms. The van der Waals surface area contributed by atoms with Crippen LogP contribution in [0.25, 0.3) is 0 Å². The van der Waals surface area contributed by atoms with Crippen LogP contribution in [-0.4, -0.2) is 27.3 Å². The van der Waals surface area contributed by atoms with Crippen LogP contribution in [0.2, 0.25) is 0 Å². The Kier molecular flexibility index (Phi) is 5.16. The molecule has 1 N–H and O–H groups in total. The van der Waals surface area contributed by atoms with Crippen LogP contribution >= 0.6 is 0 Å². The van der Waals surface area contributed by atoms with Crippen LogP contribution in [0.5, 0.6) is 0 Å². The summed E-state index contributed by atoms with van der Waals surface area (Å²) < 4.78 is 26.4. The number of para-hydroxylation sites is 1. The van der Waals surface area contributed by atoms with E-state index in [1.54, 1.807) is 0 Å². The number of sulfonamides is 1. The molecular formula is C21H24N2O4S. The fraction of sp³-hybridized carbons (Fsp3) is 0.333. The lowest BCUT2D eigenvalue weighted by Crippen LogP contribution is -2.31. The van der Waals surface area contributed by atoms with Gasteiger partial charge in [-0.3, -0.25) is 9.59 Å². The number of hydrogen-bond acceptors (Lipinski definition) is 4. The van der Waals surface area contributed by atoms with E-state index in [4.69, 9.17) is 0 Å². The number of amides is 2. The summed E-state index contributed by atoms with van der Waals surface area (Å²) >= 11 is 0. The van der Waals surface area contributed by atoms with Gasteiger partial charge in [0.25, 0.3) is 11.8 Å². The average molecular weight is 401 g/mol. The van der Waals surface area contributed by atoms with Crippen molar-refractivity contribution in [2.75, 3.05) is 11.9 Å². The molecule has 0 atom stereocenters. The predicted molar refractivity (Wildman–Crippen MR) is 108 cm³/mol. The van der Waals surface area contributed by atoms with Crippen molar-refractivity contribution in [3.8, 4) is 0 Å². The SMILES string of the molecule is CNS(=O)(=O)c1ccc2c(c1)C(=O)N(c1c(C(C)C)cccc1C(C)C)C2=O. The number of carbonyl (C=O) groups is 2. The molecule has 0 bridgehead atoms. The molecule has 2 amide bonds. The first-order valence-corrected chi connectivity index (χ1v) is 10.7. The third-order valence-electron chi connectivity index (χ3n) is 5.00. The fourth-order valence-electron chi connectivity index (χ4n) is 3.48. The molecule has 2 aromatic carbocycles. The average Bonchev–Trinajstić information content (AvgIpc) is 2.91. The van der Waals surface area contributed by atoms with E-state index in [1.165, 1.54) is 30.1 Å². The zero-order valence-electron chi connectivity index (χ0n) is 16.6. The number of hydrogen-bond donors (Lipinski definition) is 1. The normalized spacial score (nSPS) is 14.3. The van der Waals surface area contributed by atoms with E-state index >= 15 is 0 Å². The van der Waals surface area contributed by atoms with Gasteiger partial charge in [-0.25, -0.2) is 18.0 Å². The van der Waals surface area contributed by atoms with Crippen LogP contribution in [0.3, 0.4) is 0 Å². The number of nitrogens with zero attached hydrogens (tertiary/aromatic N) is 1. The largest absolute Gasteiger partial charge is 0.268 e. The summed E-state index contributed by atoms with van der Waals surface area (Å²) in [6, 6.07) is 9.81. The molecule has 28 heavy (non-hydrogen) atoms. The standard InChI is InChI=1S/C21H24N2O4S/c1-12(2)15-7-6-8-16(13(3)4)19(15)23-20(24)17-10-9-14(28(26,27)22-5)11-18(17)21(23)25/h6-13,22H,1-5H3. The Hall–Kier alpha value is -2.51. The summed E-state index contributed by atoms with van der Waals surface area (Å²) in [5, 5.41) is 0. The summed E-state index contributed by atoms with van der Waals surface area (Å²) in [5.74, 6) is -0.706. The first-order chi connectivity index (χ1) is 13.1. The second-order valence-corrected chi connectivity index (χ2v) is 9.34. The molecule has 0 fully saturated rings. The minimum Gasteiger partial charge on any atom is -0.268 e. The third kappa shape index (κ3) is 3.14. The molecule has 0 unspecified atom stereocenters. The molecular weight excluding hydrogens is 376 g/mol. The Morgan fingerprint density at radius 3 is 1.89 bits per heavy atom. The van der Waals surface area contributed by atoms with Crippen LogP contribution in [0, 0.1) is 0 Å². The molecule has 0 aliphatic carbocycles. The Balaban J connectivity index is 2.21. The van der Waals surface area contributed by atoms with Gasteiger partial charge in [0.15, 0.2) is 0 Å². The number of carbonyl (C=O) groups excluding carboxylic acids is 2. The molecule has 1 aliphatic rings. The van der Waals surface area contributed by atoms with E-state index in [2.05, 4.69) is 4.72 Å². The molecule has 1 heterocycles. The first-order valence-electron chi connectivity index (χ1n) is 9.19. The van der Waals surface area contributed by atoms with Crippen LogP contribution in [0.4, 0.5) is 5.69 Å². The molecule has 0 saturated carbocycles. The van der Waals surface area contributed by atoms with Gasteiger partial charge in [-0.05, 0) is 48.2 Å². The molecule has 2 aromatic rings. The molecule has 0 saturated heterocycles. The Morgan fingerprint density at radius 1 is 0.857 bits per heavy atom. The summed E-state index contributed by atoms with van der Waals surface area (Å²) in [7, 11) is -2.42. The van der Waals surface area contributed by atoms with Crippen molar-refractivity contribution in [1.29, 1.82) is 0 Å². The van der Waals surface area contributed by atoms with Crippen LogP contribution in [0.1, 0.15) is 71.4 Å². The predicted octanol–water partition coefficient (Wildman–Crippen LogP) is 3.64. The van der Waals surface area contributed by atoms with Crippen molar-refractivity contribution in [3.63, 3.8) is 0 Å². The quantitative estimate of drug-likeness (QED) is 0.777. The third-order valence-corrected chi connectivity index (χ3v) is 6.42. The highest BCUT2D eigenvalue weighted by atomic mass is 32.2. The van der Waals surface area contributed by atoms with Gasteiger partial charge in [-0.2, -0.15) is 0 Å². The van der Waals surface area contributed by atoms with Crippen LogP contribution in [-0.2, 0) is 10.0 Å². The molecule has 6 nitrogen and oxygen atoms in total. The number of fused-ring (bicyclic) bond motifs is 1. The van der Waals surface area contributed by atoms with Crippen molar-refractivity contribution in [2.45, 2.75) is 44.4 Å². The van der Waals surface area contributed by atoms with Gasteiger partial charge in [0.05, 0.1) is 21.7 Å². The first kappa shape index (κ1) is 20.2. The molecule has 0 radical (unpaired) electrons. The Bertz CT molecular complexity index is 1050. The lowest BCUT2D eigenvalue weighted by atomic mass is 9.92. The summed E-state index contributed by atoms with van der Waals surface area (Å²) in [6.45, 7) is 8.05. The van der Waals surface area contributed by atoms with Gasteiger partial charge in [-0.1, -0.05) is 45.9 Å². The highest BCUT2D eigenvalue weighted by Gasteiger charge is 2.40. The van der Waals surface area contributed by atoms with E-state index in [0.717, 1.165) is 11.1 Å². The Labute approximate surface area is 165 Å². The number of nitrogens with one attached hydrogen (secondary N) is 1. The molecule has 0 aromatic heterocycles. The highest BCUT2D eigenvalue weighted by Crippen LogP contribution is 2.39. The van der Waals surface area contributed by atoms with Gasteiger partial charge in [-0.15, -0.1) is 0 Å². The molecule has 148 valence electrons. The van der Waals surface area contributed by atoms with E-state index in [9.17, 15) is 18.0 Å². The number of imide groups is 1. The van der Waals surface area contributed by atoms with Gasteiger partial charge < -0.3 is 0 Å². The zero-order valence-corrected chi connectivity index (χ0v) is 17.4. The number of rotatable bonds is 5. The van der Waals surface area contributed by atoms with Gasteiger partial charge >= 0.3 is 0 Å². The van der Waals surface area contributed by atoms with E-state index < -0.39 is 21.8 Å². The van der Waals surface area contributed by atoms with Crippen molar-refractivity contribution in [3.05, 3.63) is 58.7 Å². The second-order valence-electron chi connectivity index (χ2n) is 7.46. The van der Waals surface area contributed by atoms with Gasteiger partial charge in [0.1, 0.15) is 0 Å². The van der Waals surface area contributed by atoms with Gasteiger partial charge in [0.2, 0.25) is 10.0 Å². The minimum absolute atomic E-state index is 0.0435. The van der Waals surface area contributed by atoms with Gasteiger partial charge in [0, 0.05) is 0 Å². The van der Waals surface area contributed by atoms with Crippen molar-refractivity contribution in [2.24, 2.45) is 0 Å². The maximum atomic E-state index is 13.2. The highest BCUT2D eigenvalue weighted by molar-refractivity contribution is 7.89. The van der Waals surface area contributed by atoms with E-state index in [1.807, 2.05) is 45.9 Å².